The highest BCUT2D eigenvalue weighted by molar-refractivity contribution is 5.87. The molecule has 1 amide bonds. The lowest BCUT2D eigenvalue weighted by atomic mass is 9.99. The van der Waals surface area contributed by atoms with Gasteiger partial charge in [0.1, 0.15) is 0 Å². The van der Waals surface area contributed by atoms with E-state index in [0.29, 0.717) is 6.61 Å². The lowest BCUT2D eigenvalue weighted by Gasteiger charge is -2.15. The lowest BCUT2D eigenvalue weighted by molar-refractivity contribution is 0.168. The molecule has 1 N–H and O–H groups in total. The quantitative estimate of drug-likeness (QED) is 0.830. The van der Waals surface area contributed by atoms with Gasteiger partial charge in [-0.3, -0.25) is 5.32 Å². The fourth-order valence-electron chi connectivity index (χ4n) is 1.67. The SMILES string of the molecule is CCOC(=O)Nc1c(C)c(C)cc(C)c1C. The molecule has 1 aromatic rings. The summed E-state index contributed by atoms with van der Waals surface area (Å²) in [6.45, 7) is 10.3. The van der Waals surface area contributed by atoms with Gasteiger partial charge in [-0.2, -0.15) is 0 Å². The summed E-state index contributed by atoms with van der Waals surface area (Å²) in [6.07, 6.45) is -0.390. The first-order valence-electron chi connectivity index (χ1n) is 5.48. The van der Waals surface area contributed by atoms with Gasteiger partial charge >= 0.3 is 6.09 Å². The van der Waals surface area contributed by atoms with Gasteiger partial charge in [-0.1, -0.05) is 6.07 Å². The third-order valence-electron chi connectivity index (χ3n) is 2.87. The van der Waals surface area contributed by atoms with E-state index >= 15 is 0 Å². The Hall–Kier alpha value is -1.51. The molecule has 0 heterocycles. The summed E-state index contributed by atoms with van der Waals surface area (Å²) in [6, 6.07) is 2.13. The summed E-state index contributed by atoms with van der Waals surface area (Å²) in [4.78, 5) is 11.4. The summed E-state index contributed by atoms with van der Waals surface area (Å²) >= 11 is 0. The van der Waals surface area contributed by atoms with Crippen LogP contribution < -0.4 is 5.32 Å². The fraction of sp³-hybridized carbons (Fsp3) is 0.462. The number of benzene rings is 1. The lowest BCUT2D eigenvalue weighted by Crippen LogP contribution is -2.15. The van der Waals surface area contributed by atoms with Crippen molar-refractivity contribution in [1.29, 1.82) is 0 Å². The zero-order chi connectivity index (χ0) is 12.3. The van der Waals surface area contributed by atoms with E-state index in [1.54, 1.807) is 6.92 Å². The minimum Gasteiger partial charge on any atom is -0.450 e. The van der Waals surface area contributed by atoms with Crippen LogP contribution >= 0.6 is 0 Å². The van der Waals surface area contributed by atoms with Gasteiger partial charge in [0.15, 0.2) is 0 Å². The second kappa shape index (κ2) is 5.01. The van der Waals surface area contributed by atoms with Crippen molar-refractivity contribution in [3.63, 3.8) is 0 Å². The highest BCUT2D eigenvalue weighted by atomic mass is 16.5. The highest BCUT2D eigenvalue weighted by Crippen LogP contribution is 2.26. The minimum absolute atomic E-state index is 0.384. The van der Waals surface area contributed by atoms with Crippen LogP contribution in [0.15, 0.2) is 6.07 Å². The molecule has 0 fully saturated rings. The molecule has 0 radical (unpaired) electrons. The molecule has 0 aromatic heterocycles. The van der Waals surface area contributed by atoms with Gasteiger partial charge in [0.05, 0.1) is 12.3 Å². The molecule has 0 aliphatic heterocycles. The molecule has 3 nitrogen and oxygen atoms in total. The van der Waals surface area contributed by atoms with Gasteiger partial charge in [-0.05, 0) is 56.9 Å². The van der Waals surface area contributed by atoms with Gasteiger partial charge < -0.3 is 4.74 Å². The Morgan fingerprint density at radius 1 is 1.19 bits per heavy atom. The number of rotatable bonds is 2. The largest absolute Gasteiger partial charge is 0.450 e. The van der Waals surface area contributed by atoms with Crippen molar-refractivity contribution in [1.82, 2.24) is 0 Å². The molecular formula is C13H19NO2. The Morgan fingerprint density at radius 3 is 2.12 bits per heavy atom. The van der Waals surface area contributed by atoms with Crippen molar-refractivity contribution in [2.45, 2.75) is 34.6 Å². The average molecular weight is 221 g/mol. The highest BCUT2D eigenvalue weighted by Gasteiger charge is 2.11. The molecule has 0 bridgehead atoms. The van der Waals surface area contributed by atoms with E-state index in [1.807, 2.05) is 27.7 Å². The van der Waals surface area contributed by atoms with Crippen LogP contribution in [0.5, 0.6) is 0 Å². The summed E-state index contributed by atoms with van der Waals surface area (Å²) < 4.78 is 4.89. The Labute approximate surface area is 96.8 Å². The second-order valence-corrected chi connectivity index (χ2v) is 3.98. The zero-order valence-corrected chi connectivity index (χ0v) is 10.6. The molecular weight excluding hydrogens is 202 g/mol. The minimum atomic E-state index is -0.390. The summed E-state index contributed by atoms with van der Waals surface area (Å²) in [5.41, 5.74) is 5.41. The van der Waals surface area contributed by atoms with Crippen molar-refractivity contribution in [2.75, 3.05) is 11.9 Å². The standard InChI is InChI=1S/C13H19NO2/c1-6-16-13(15)14-12-10(4)8(2)7-9(3)11(12)5/h7H,6H2,1-5H3,(H,14,15). The fourth-order valence-corrected chi connectivity index (χ4v) is 1.67. The summed E-state index contributed by atoms with van der Waals surface area (Å²) in [5, 5.41) is 2.80. The van der Waals surface area contributed by atoms with E-state index in [2.05, 4.69) is 11.4 Å². The number of carbonyl (C=O) groups excluding carboxylic acids is 1. The Bertz CT molecular complexity index is 385. The molecule has 0 unspecified atom stereocenters. The first kappa shape index (κ1) is 12.6. The van der Waals surface area contributed by atoms with Gasteiger partial charge in [0, 0.05) is 0 Å². The number of carbonyl (C=O) groups is 1. The maximum atomic E-state index is 11.4. The third-order valence-corrected chi connectivity index (χ3v) is 2.87. The predicted octanol–water partition coefficient (Wildman–Crippen LogP) is 3.49. The molecule has 0 saturated heterocycles. The van der Waals surface area contributed by atoms with Crippen LogP contribution in [0.3, 0.4) is 0 Å². The normalized spacial score (nSPS) is 10.1. The molecule has 0 atom stereocenters. The van der Waals surface area contributed by atoms with Crippen LogP contribution in [0, 0.1) is 27.7 Å². The second-order valence-electron chi connectivity index (χ2n) is 3.98. The number of ether oxygens (including phenoxy) is 1. The zero-order valence-electron chi connectivity index (χ0n) is 10.6. The van der Waals surface area contributed by atoms with Crippen LogP contribution in [0.25, 0.3) is 0 Å². The van der Waals surface area contributed by atoms with Crippen molar-refractivity contribution in [3.8, 4) is 0 Å². The van der Waals surface area contributed by atoms with Crippen molar-refractivity contribution < 1.29 is 9.53 Å². The van der Waals surface area contributed by atoms with Crippen LogP contribution in [0.2, 0.25) is 0 Å². The number of hydrogen-bond donors (Lipinski definition) is 1. The number of anilines is 1. The molecule has 0 aliphatic rings. The third kappa shape index (κ3) is 2.54. The van der Waals surface area contributed by atoms with Crippen molar-refractivity contribution in [2.24, 2.45) is 0 Å². The Morgan fingerprint density at radius 2 is 1.69 bits per heavy atom. The number of nitrogens with one attached hydrogen (secondary N) is 1. The summed E-state index contributed by atoms with van der Waals surface area (Å²) in [5.74, 6) is 0. The van der Waals surface area contributed by atoms with Gasteiger partial charge in [0.25, 0.3) is 0 Å². The predicted molar refractivity (Wildman–Crippen MR) is 66.0 cm³/mol. The molecule has 0 spiro atoms. The monoisotopic (exact) mass is 221 g/mol. The van der Waals surface area contributed by atoms with E-state index in [9.17, 15) is 4.79 Å². The maximum Gasteiger partial charge on any atom is 0.411 e. The topological polar surface area (TPSA) is 38.3 Å². The molecule has 3 heteroatoms. The number of aryl methyl sites for hydroxylation is 2. The molecule has 88 valence electrons. The molecule has 1 aromatic carbocycles. The Balaban J connectivity index is 3.07. The number of hydrogen-bond acceptors (Lipinski definition) is 2. The number of amides is 1. The first-order valence-corrected chi connectivity index (χ1v) is 5.48. The van der Waals surface area contributed by atoms with Crippen LogP contribution in [-0.4, -0.2) is 12.7 Å². The molecule has 0 aliphatic carbocycles. The average Bonchev–Trinajstić information content (AvgIpc) is 2.22. The smallest absolute Gasteiger partial charge is 0.411 e. The van der Waals surface area contributed by atoms with Gasteiger partial charge in [-0.25, -0.2) is 4.79 Å². The van der Waals surface area contributed by atoms with E-state index < -0.39 is 6.09 Å². The maximum absolute atomic E-state index is 11.4. The van der Waals surface area contributed by atoms with E-state index in [4.69, 9.17) is 4.74 Å². The summed E-state index contributed by atoms with van der Waals surface area (Å²) in [7, 11) is 0. The van der Waals surface area contributed by atoms with Crippen molar-refractivity contribution in [3.05, 3.63) is 28.3 Å². The molecule has 1 rings (SSSR count). The van der Waals surface area contributed by atoms with Crippen LogP contribution in [-0.2, 0) is 4.74 Å². The van der Waals surface area contributed by atoms with E-state index in [-0.39, 0.29) is 0 Å². The van der Waals surface area contributed by atoms with Crippen LogP contribution in [0.1, 0.15) is 29.2 Å². The first-order chi connectivity index (χ1) is 7.47. The van der Waals surface area contributed by atoms with Crippen molar-refractivity contribution >= 4 is 11.8 Å². The van der Waals surface area contributed by atoms with E-state index in [0.717, 1.165) is 16.8 Å². The molecule has 0 saturated carbocycles. The van der Waals surface area contributed by atoms with E-state index in [1.165, 1.54) is 11.1 Å². The molecule has 16 heavy (non-hydrogen) atoms. The Kier molecular flexibility index (Phi) is 3.93. The van der Waals surface area contributed by atoms with Gasteiger partial charge in [-0.15, -0.1) is 0 Å². The van der Waals surface area contributed by atoms with Crippen LogP contribution in [0.4, 0.5) is 10.5 Å². The van der Waals surface area contributed by atoms with Gasteiger partial charge in [0.2, 0.25) is 0 Å².